The number of fused-ring (bicyclic) bond motifs is 2. The van der Waals surface area contributed by atoms with E-state index < -0.39 is 17.9 Å². The predicted octanol–water partition coefficient (Wildman–Crippen LogP) is 7.68. The minimum atomic E-state index is -0.914. The van der Waals surface area contributed by atoms with Crippen LogP contribution in [0.3, 0.4) is 0 Å². The summed E-state index contributed by atoms with van der Waals surface area (Å²) >= 11 is 0. The molecule has 0 aliphatic heterocycles. The third-order valence-corrected chi connectivity index (χ3v) is 8.70. The second kappa shape index (κ2) is 18.1. The lowest BCUT2D eigenvalue weighted by molar-refractivity contribution is -0.137. The predicted molar refractivity (Wildman–Crippen MR) is 213 cm³/mol. The van der Waals surface area contributed by atoms with Gasteiger partial charge in [0.2, 0.25) is 0 Å². The highest BCUT2D eigenvalue weighted by Crippen LogP contribution is 2.35. The third kappa shape index (κ3) is 9.10. The van der Waals surface area contributed by atoms with Crippen molar-refractivity contribution in [3.05, 3.63) is 95.6 Å². The van der Waals surface area contributed by atoms with Gasteiger partial charge in [-0.25, -0.2) is 29.5 Å². The van der Waals surface area contributed by atoms with E-state index in [-0.39, 0.29) is 42.8 Å². The standard InChI is InChI=1S/C42H42N6O9/c1-7-54-34-20-29-38(47-26-12-16-28(53-6)17-13-26)32(23-43-39(29)45-24(34)4)42(51)57-36(49)19-18-33-35(55-8-2)21-30-37(46-25-10-14-27(52-5)15-11-25)31(41(50)56-9-3)22-44-40(30)48-33/h10-17,20-23H,7-9,18-19H2,1-6H3,(H,43,45,47)(H,44,46,48). The normalized spacial score (nSPS) is 10.8. The van der Waals surface area contributed by atoms with Crippen molar-refractivity contribution in [2.24, 2.45) is 0 Å². The van der Waals surface area contributed by atoms with Crippen LogP contribution in [0.15, 0.2) is 73.1 Å². The number of esters is 3. The van der Waals surface area contributed by atoms with E-state index in [9.17, 15) is 14.4 Å². The van der Waals surface area contributed by atoms with Crippen LogP contribution in [0.4, 0.5) is 22.7 Å². The second-order valence-electron chi connectivity index (χ2n) is 12.4. The van der Waals surface area contributed by atoms with Crippen molar-refractivity contribution in [1.82, 2.24) is 19.9 Å². The number of methoxy groups -OCH3 is 2. The molecule has 0 aliphatic carbocycles. The fourth-order valence-corrected chi connectivity index (χ4v) is 5.95. The maximum atomic E-state index is 13.7. The Kier molecular flexibility index (Phi) is 12.6. The number of nitrogens with zero attached hydrogens (tertiary/aromatic N) is 4. The lowest BCUT2D eigenvalue weighted by Crippen LogP contribution is -2.16. The molecule has 0 aliphatic rings. The number of benzene rings is 2. The van der Waals surface area contributed by atoms with Gasteiger partial charge < -0.3 is 39.1 Å². The molecule has 0 amide bonds. The van der Waals surface area contributed by atoms with Crippen molar-refractivity contribution in [3.63, 3.8) is 0 Å². The van der Waals surface area contributed by atoms with Crippen molar-refractivity contribution in [2.75, 3.05) is 44.7 Å². The van der Waals surface area contributed by atoms with Crippen molar-refractivity contribution in [3.8, 4) is 23.0 Å². The summed E-state index contributed by atoms with van der Waals surface area (Å²) in [4.78, 5) is 58.2. The van der Waals surface area contributed by atoms with Crippen LogP contribution in [-0.2, 0) is 20.7 Å². The molecule has 0 saturated carbocycles. The van der Waals surface area contributed by atoms with Crippen LogP contribution >= 0.6 is 0 Å². The molecule has 57 heavy (non-hydrogen) atoms. The molecule has 0 fully saturated rings. The Morgan fingerprint density at radius 1 is 0.649 bits per heavy atom. The first-order valence-corrected chi connectivity index (χ1v) is 18.3. The fraction of sp³-hybridized carbons (Fsp3) is 0.262. The van der Waals surface area contributed by atoms with Gasteiger partial charge in [0, 0.05) is 41.0 Å². The number of hydrogen-bond donors (Lipinski definition) is 2. The van der Waals surface area contributed by atoms with Gasteiger partial charge in [0.15, 0.2) is 11.3 Å². The van der Waals surface area contributed by atoms with Crippen molar-refractivity contribution < 1.29 is 42.8 Å². The number of aromatic nitrogens is 4. The molecule has 2 aromatic carbocycles. The van der Waals surface area contributed by atoms with E-state index in [0.29, 0.717) is 80.2 Å². The number of aryl methyl sites for hydroxylation is 2. The molecular weight excluding hydrogens is 732 g/mol. The molecule has 15 heteroatoms. The van der Waals surface area contributed by atoms with Crippen LogP contribution in [0.2, 0.25) is 0 Å². The smallest absolute Gasteiger partial charge is 0.349 e. The monoisotopic (exact) mass is 774 g/mol. The fourth-order valence-electron chi connectivity index (χ4n) is 5.95. The average molecular weight is 775 g/mol. The number of nitrogens with one attached hydrogen (secondary N) is 2. The van der Waals surface area contributed by atoms with Gasteiger partial charge in [0.25, 0.3) is 0 Å². The molecule has 4 aromatic heterocycles. The first-order chi connectivity index (χ1) is 27.7. The van der Waals surface area contributed by atoms with Crippen molar-refractivity contribution >= 4 is 62.7 Å². The summed E-state index contributed by atoms with van der Waals surface area (Å²) in [5, 5.41) is 7.55. The Labute approximate surface area is 328 Å². The number of carbonyl (C=O) groups is 3. The maximum absolute atomic E-state index is 13.7. The van der Waals surface area contributed by atoms with Crippen molar-refractivity contribution in [1.29, 1.82) is 0 Å². The van der Waals surface area contributed by atoms with Gasteiger partial charge in [-0.2, -0.15) is 0 Å². The highest BCUT2D eigenvalue weighted by Gasteiger charge is 2.24. The zero-order chi connectivity index (χ0) is 40.5. The molecule has 0 radical (unpaired) electrons. The van der Waals surface area contributed by atoms with Gasteiger partial charge in [0.1, 0.15) is 34.1 Å². The molecule has 0 atom stereocenters. The van der Waals surface area contributed by atoms with Crippen LogP contribution in [-0.4, -0.2) is 71.9 Å². The molecular formula is C42H42N6O9. The van der Waals surface area contributed by atoms with E-state index in [1.165, 1.54) is 12.4 Å². The Morgan fingerprint density at radius 2 is 1.16 bits per heavy atom. The van der Waals surface area contributed by atoms with E-state index in [1.807, 2.05) is 13.8 Å². The van der Waals surface area contributed by atoms with E-state index >= 15 is 0 Å². The summed E-state index contributed by atoms with van der Waals surface area (Å²) in [7, 11) is 3.14. The summed E-state index contributed by atoms with van der Waals surface area (Å²) in [5.41, 5.74) is 3.95. The van der Waals surface area contributed by atoms with Gasteiger partial charge in [-0.15, -0.1) is 0 Å². The summed E-state index contributed by atoms with van der Waals surface area (Å²) in [6.07, 6.45) is 2.54. The van der Waals surface area contributed by atoms with Gasteiger partial charge >= 0.3 is 17.9 Å². The molecule has 6 rings (SSSR count). The third-order valence-electron chi connectivity index (χ3n) is 8.70. The molecule has 294 valence electrons. The SMILES string of the molecule is CCOC(=O)c1cnc2nc(CCC(=O)OC(=O)c3cnc4nc(C)c(OCC)cc4c3Nc3ccc(OC)cc3)c(OCC)cc2c1Nc1ccc(OC)cc1. The Bertz CT molecular complexity index is 2420. The largest absolute Gasteiger partial charge is 0.497 e. The lowest BCUT2D eigenvalue weighted by atomic mass is 10.1. The summed E-state index contributed by atoms with van der Waals surface area (Å²) in [6.45, 7) is 8.06. The minimum Gasteiger partial charge on any atom is -0.497 e. The molecule has 0 bridgehead atoms. The minimum absolute atomic E-state index is 0.0112. The average Bonchev–Trinajstić information content (AvgIpc) is 3.21. The second-order valence-corrected chi connectivity index (χ2v) is 12.4. The highest BCUT2D eigenvalue weighted by atomic mass is 16.6. The quantitative estimate of drug-likeness (QED) is 0.0721. The number of pyridine rings is 4. The summed E-state index contributed by atoms with van der Waals surface area (Å²) < 4.78 is 33.0. The molecule has 0 unspecified atom stereocenters. The highest BCUT2D eigenvalue weighted by molar-refractivity contribution is 6.08. The van der Waals surface area contributed by atoms with E-state index in [0.717, 1.165) is 0 Å². The van der Waals surface area contributed by atoms with Crippen LogP contribution in [0.1, 0.15) is 59.3 Å². The van der Waals surface area contributed by atoms with Gasteiger partial charge in [0.05, 0.1) is 63.2 Å². The zero-order valence-electron chi connectivity index (χ0n) is 32.4. The number of rotatable bonds is 16. The molecule has 15 nitrogen and oxygen atoms in total. The Morgan fingerprint density at radius 3 is 1.68 bits per heavy atom. The molecule has 4 heterocycles. The lowest BCUT2D eigenvalue weighted by Gasteiger charge is -2.17. The number of ether oxygens (including phenoxy) is 6. The van der Waals surface area contributed by atoms with Crippen LogP contribution < -0.4 is 29.6 Å². The van der Waals surface area contributed by atoms with Crippen LogP contribution in [0, 0.1) is 6.92 Å². The molecule has 0 saturated heterocycles. The number of hydrogen-bond acceptors (Lipinski definition) is 15. The Hall–Kier alpha value is -7.03. The van der Waals surface area contributed by atoms with E-state index in [2.05, 4.69) is 25.6 Å². The first-order valence-electron chi connectivity index (χ1n) is 18.3. The first kappa shape index (κ1) is 39.7. The summed E-state index contributed by atoms with van der Waals surface area (Å²) in [6, 6.07) is 17.8. The van der Waals surface area contributed by atoms with Crippen LogP contribution in [0.5, 0.6) is 23.0 Å². The topological polar surface area (TPSA) is 182 Å². The molecule has 6 aromatic rings. The number of anilines is 4. The van der Waals surface area contributed by atoms with Gasteiger partial charge in [-0.1, -0.05) is 0 Å². The van der Waals surface area contributed by atoms with Gasteiger partial charge in [-0.3, -0.25) is 4.79 Å². The van der Waals surface area contributed by atoms with Crippen LogP contribution in [0.25, 0.3) is 22.1 Å². The molecule has 0 spiro atoms. The number of carbonyl (C=O) groups excluding carboxylic acids is 3. The van der Waals surface area contributed by atoms with Gasteiger partial charge in [-0.05, 0) is 88.4 Å². The summed E-state index contributed by atoms with van der Waals surface area (Å²) in [5.74, 6) is -0.0806. The van der Waals surface area contributed by atoms with Crippen molar-refractivity contribution in [2.45, 2.75) is 40.5 Å². The molecule has 2 N–H and O–H groups in total. The Balaban J connectivity index is 1.28. The maximum Gasteiger partial charge on any atom is 0.349 e. The van der Waals surface area contributed by atoms with E-state index in [4.69, 9.17) is 33.4 Å². The zero-order valence-corrected chi connectivity index (χ0v) is 32.4. The van der Waals surface area contributed by atoms with E-state index in [1.54, 1.807) is 88.7 Å².